The van der Waals surface area contributed by atoms with Crippen molar-refractivity contribution in [2.45, 2.75) is 6.18 Å². The number of carboxylic acid groups (broad SMARTS) is 1. The van der Waals surface area contributed by atoms with Gasteiger partial charge in [-0.1, -0.05) is 11.6 Å². The molecule has 8 heteroatoms. The SMILES string of the molecule is O=C(O)C(F)(F)F.O=Cc1cc2cc(Cl)ccc2o1. The van der Waals surface area contributed by atoms with Crippen molar-refractivity contribution in [3.05, 3.63) is 35.0 Å². The molecule has 1 aromatic heterocycles. The first-order valence-electron chi connectivity index (χ1n) is 4.68. The predicted octanol–water partition coefficient (Wildman–Crippen LogP) is 3.53. The summed E-state index contributed by atoms with van der Waals surface area (Å²) in [7, 11) is 0. The number of carbonyl (C=O) groups is 2. The fraction of sp³-hybridized carbons (Fsp3) is 0.0909. The molecular formula is C11H6ClF3O4. The number of fused-ring (bicyclic) bond motifs is 1. The van der Waals surface area contributed by atoms with Gasteiger partial charge in [0.25, 0.3) is 0 Å². The van der Waals surface area contributed by atoms with Gasteiger partial charge in [-0.2, -0.15) is 13.2 Å². The molecule has 0 amide bonds. The van der Waals surface area contributed by atoms with Crippen LogP contribution in [-0.2, 0) is 4.79 Å². The van der Waals surface area contributed by atoms with E-state index < -0.39 is 12.1 Å². The molecule has 0 aliphatic heterocycles. The van der Waals surface area contributed by atoms with Crippen LogP contribution in [0.1, 0.15) is 10.6 Å². The first-order valence-corrected chi connectivity index (χ1v) is 5.06. The molecule has 0 fully saturated rings. The summed E-state index contributed by atoms with van der Waals surface area (Å²) < 4.78 is 36.9. The summed E-state index contributed by atoms with van der Waals surface area (Å²) >= 11 is 5.74. The Bertz CT molecular complexity index is 603. The number of aliphatic carboxylic acids is 1. The van der Waals surface area contributed by atoms with Gasteiger partial charge in [0, 0.05) is 10.4 Å². The van der Waals surface area contributed by atoms with Crippen LogP contribution in [0.2, 0.25) is 5.02 Å². The lowest BCUT2D eigenvalue weighted by atomic mass is 10.2. The highest BCUT2D eigenvalue weighted by Gasteiger charge is 2.38. The number of benzene rings is 1. The molecular weight excluding hydrogens is 289 g/mol. The van der Waals surface area contributed by atoms with Crippen LogP contribution in [0.5, 0.6) is 0 Å². The van der Waals surface area contributed by atoms with E-state index in [0.29, 0.717) is 22.7 Å². The Morgan fingerprint density at radius 3 is 2.37 bits per heavy atom. The number of alkyl halides is 3. The molecule has 2 rings (SSSR count). The molecule has 0 radical (unpaired) electrons. The molecule has 1 heterocycles. The fourth-order valence-corrected chi connectivity index (χ4v) is 1.27. The van der Waals surface area contributed by atoms with Crippen LogP contribution >= 0.6 is 11.6 Å². The van der Waals surface area contributed by atoms with Crippen molar-refractivity contribution in [2.24, 2.45) is 0 Å². The van der Waals surface area contributed by atoms with Crippen LogP contribution in [0, 0.1) is 0 Å². The topological polar surface area (TPSA) is 67.5 Å². The summed E-state index contributed by atoms with van der Waals surface area (Å²) in [4.78, 5) is 19.2. The van der Waals surface area contributed by atoms with Gasteiger partial charge in [0.15, 0.2) is 12.0 Å². The Hall–Kier alpha value is -2.02. The predicted molar refractivity (Wildman–Crippen MR) is 60.3 cm³/mol. The maximum atomic E-state index is 10.6. The zero-order chi connectivity index (χ0) is 14.6. The summed E-state index contributed by atoms with van der Waals surface area (Å²) in [5, 5.41) is 8.62. The molecule has 0 spiro atoms. The highest BCUT2D eigenvalue weighted by Crippen LogP contribution is 2.21. The Morgan fingerprint density at radius 2 is 1.89 bits per heavy atom. The second kappa shape index (κ2) is 5.75. The maximum Gasteiger partial charge on any atom is 0.490 e. The lowest BCUT2D eigenvalue weighted by Gasteiger charge is -1.93. The molecule has 19 heavy (non-hydrogen) atoms. The second-order valence-electron chi connectivity index (χ2n) is 3.25. The van der Waals surface area contributed by atoms with E-state index in [9.17, 15) is 18.0 Å². The van der Waals surface area contributed by atoms with E-state index in [1.807, 2.05) is 0 Å². The number of hydrogen-bond acceptors (Lipinski definition) is 3. The molecule has 0 aliphatic carbocycles. The molecule has 1 N–H and O–H groups in total. The molecule has 0 saturated heterocycles. The summed E-state index contributed by atoms with van der Waals surface area (Å²) in [6, 6.07) is 6.88. The van der Waals surface area contributed by atoms with Crippen molar-refractivity contribution in [1.82, 2.24) is 0 Å². The van der Waals surface area contributed by atoms with E-state index in [-0.39, 0.29) is 0 Å². The first-order chi connectivity index (χ1) is 8.74. The second-order valence-corrected chi connectivity index (χ2v) is 3.69. The minimum atomic E-state index is -5.08. The Labute approximate surface area is 109 Å². The summed E-state index contributed by atoms with van der Waals surface area (Å²) in [5.74, 6) is -2.43. The fourth-order valence-electron chi connectivity index (χ4n) is 1.09. The quantitative estimate of drug-likeness (QED) is 0.817. The molecule has 1 aromatic carbocycles. The molecule has 0 aliphatic rings. The van der Waals surface area contributed by atoms with E-state index in [2.05, 4.69) is 0 Å². The molecule has 4 nitrogen and oxygen atoms in total. The van der Waals surface area contributed by atoms with E-state index in [1.54, 1.807) is 24.3 Å². The van der Waals surface area contributed by atoms with Crippen LogP contribution < -0.4 is 0 Å². The molecule has 2 aromatic rings. The molecule has 0 atom stereocenters. The Kier molecular flexibility index (Phi) is 4.55. The molecule has 0 bridgehead atoms. The number of rotatable bonds is 1. The van der Waals surface area contributed by atoms with Crippen molar-refractivity contribution >= 4 is 34.8 Å². The van der Waals surface area contributed by atoms with Gasteiger partial charge in [-0.05, 0) is 24.3 Å². The molecule has 0 unspecified atom stereocenters. The van der Waals surface area contributed by atoms with Crippen molar-refractivity contribution in [2.75, 3.05) is 0 Å². The average molecular weight is 295 g/mol. The van der Waals surface area contributed by atoms with Crippen molar-refractivity contribution in [3.63, 3.8) is 0 Å². The first kappa shape index (κ1) is 15.0. The van der Waals surface area contributed by atoms with Gasteiger partial charge in [0.05, 0.1) is 0 Å². The van der Waals surface area contributed by atoms with Gasteiger partial charge in [0.1, 0.15) is 5.58 Å². The third-order valence-corrected chi connectivity index (χ3v) is 2.09. The molecule has 0 saturated carbocycles. The number of hydrogen-bond donors (Lipinski definition) is 1. The lowest BCUT2D eigenvalue weighted by molar-refractivity contribution is -0.192. The van der Waals surface area contributed by atoms with Crippen LogP contribution in [0.25, 0.3) is 11.0 Å². The van der Waals surface area contributed by atoms with Crippen LogP contribution in [-0.4, -0.2) is 23.5 Å². The lowest BCUT2D eigenvalue weighted by Crippen LogP contribution is -2.21. The minimum absolute atomic E-state index is 0.326. The van der Waals surface area contributed by atoms with Gasteiger partial charge in [0.2, 0.25) is 0 Å². The highest BCUT2D eigenvalue weighted by atomic mass is 35.5. The normalized spacial score (nSPS) is 10.7. The van der Waals surface area contributed by atoms with Crippen molar-refractivity contribution in [1.29, 1.82) is 0 Å². The number of carboxylic acids is 1. The Balaban J connectivity index is 0.000000224. The van der Waals surface area contributed by atoms with E-state index in [1.165, 1.54) is 0 Å². The monoisotopic (exact) mass is 294 g/mol. The van der Waals surface area contributed by atoms with Crippen LogP contribution in [0.3, 0.4) is 0 Å². The average Bonchev–Trinajstić information content (AvgIpc) is 2.70. The van der Waals surface area contributed by atoms with Crippen LogP contribution in [0.15, 0.2) is 28.7 Å². The van der Waals surface area contributed by atoms with Gasteiger partial charge in [-0.3, -0.25) is 4.79 Å². The zero-order valence-corrected chi connectivity index (χ0v) is 9.83. The summed E-state index contributed by atoms with van der Waals surface area (Å²) in [5.41, 5.74) is 0.682. The molecule has 102 valence electrons. The smallest absolute Gasteiger partial charge is 0.475 e. The van der Waals surface area contributed by atoms with Crippen molar-refractivity contribution < 1.29 is 32.3 Å². The number of aldehydes is 1. The Morgan fingerprint density at radius 1 is 1.32 bits per heavy atom. The third-order valence-electron chi connectivity index (χ3n) is 1.86. The van der Waals surface area contributed by atoms with Crippen molar-refractivity contribution in [3.8, 4) is 0 Å². The summed E-state index contributed by atoms with van der Waals surface area (Å²) in [6.45, 7) is 0. The maximum absolute atomic E-state index is 10.6. The number of halogens is 4. The minimum Gasteiger partial charge on any atom is -0.475 e. The summed E-state index contributed by atoms with van der Waals surface area (Å²) in [6.07, 6.45) is -4.41. The third kappa shape index (κ3) is 4.29. The number of carbonyl (C=O) groups excluding carboxylic acids is 1. The number of furan rings is 1. The van der Waals surface area contributed by atoms with E-state index >= 15 is 0 Å². The van der Waals surface area contributed by atoms with Crippen LogP contribution in [0.4, 0.5) is 13.2 Å². The van der Waals surface area contributed by atoms with Gasteiger partial charge < -0.3 is 9.52 Å². The van der Waals surface area contributed by atoms with Gasteiger partial charge >= 0.3 is 12.1 Å². The highest BCUT2D eigenvalue weighted by molar-refractivity contribution is 6.31. The van der Waals surface area contributed by atoms with Gasteiger partial charge in [-0.15, -0.1) is 0 Å². The zero-order valence-electron chi connectivity index (χ0n) is 9.07. The largest absolute Gasteiger partial charge is 0.490 e. The van der Waals surface area contributed by atoms with E-state index in [4.69, 9.17) is 25.9 Å². The van der Waals surface area contributed by atoms with Gasteiger partial charge in [-0.25, -0.2) is 4.79 Å². The van der Waals surface area contributed by atoms with E-state index in [0.717, 1.165) is 5.39 Å². The standard InChI is InChI=1S/C9H5ClO2.C2HF3O2/c10-7-1-2-9-6(3-7)4-8(5-11)12-9;3-2(4,5)1(6)7/h1-5H;(H,6,7).